The van der Waals surface area contributed by atoms with Crippen molar-refractivity contribution in [3.63, 3.8) is 0 Å². The quantitative estimate of drug-likeness (QED) is 0.836. The lowest BCUT2D eigenvalue weighted by molar-refractivity contribution is 0.235. The van der Waals surface area contributed by atoms with Crippen molar-refractivity contribution < 1.29 is 21.9 Å². The minimum Gasteiger partial charge on any atom is -0.481 e. The zero-order valence-electron chi connectivity index (χ0n) is 12.8. The Hall–Kier alpha value is -2.29. The Bertz CT molecular complexity index is 845. The van der Waals surface area contributed by atoms with Crippen molar-refractivity contribution in [3.8, 4) is 5.88 Å². The third-order valence-electron chi connectivity index (χ3n) is 3.90. The van der Waals surface area contributed by atoms with Gasteiger partial charge < -0.3 is 9.64 Å². The fourth-order valence-corrected chi connectivity index (χ4v) is 3.70. The average molecular weight is 355 g/mol. The van der Waals surface area contributed by atoms with E-state index in [-0.39, 0.29) is 17.1 Å². The van der Waals surface area contributed by atoms with E-state index in [1.54, 1.807) is 11.0 Å². The minimum atomic E-state index is -4.69. The Morgan fingerprint density at radius 1 is 1.25 bits per heavy atom. The van der Waals surface area contributed by atoms with Gasteiger partial charge in [0.2, 0.25) is 15.7 Å². The SMILES string of the molecule is COc1ncnc2c1CN(c1ccccc1S(=O)(=O)C(F)F)CC2. The normalized spacial score (nSPS) is 14.6. The van der Waals surface area contributed by atoms with E-state index in [4.69, 9.17) is 4.74 Å². The van der Waals surface area contributed by atoms with Gasteiger partial charge in [-0.25, -0.2) is 18.4 Å². The van der Waals surface area contributed by atoms with Gasteiger partial charge in [-0.3, -0.25) is 0 Å². The summed E-state index contributed by atoms with van der Waals surface area (Å²) in [5.74, 6) is -3.06. The molecule has 0 unspecified atom stereocenters. The summed E-state index contributed by atoms with van der Waals surface area (Å²) in [7, 11) is -3.20. The van der Waals surface area contributed by atoms with Crippen LogP contribution in [0.15, 0.2) is 35.5 Å². The predicted molar refractivity (Wildman–Crippen MR) is 83.0 cm³/mol. The maximum absolute atomic E-state index is 13.0. The molecule has 9 heteroatoms. The lowest BCUT2D eigenvalue weighted by Crippen LogP contribution is -2.33. The van der Waals surface area contributed by atoms with E-state index >= 15 is 0 Å². The van der Waals surface area contributed by atoms with Crippen molar-refractivity contribution in [1.29, 1.82) is 0 Å². The molecule has 0 N–H and O–H groups in total. The van der Waals surface area contributed by atoms with E-state index in [9.17, 15) is 17.2 Å². The molecule has 2 aromatic rings. The molecule has 0 spiro atoms. The van der Waals surface area contributed by atoms with Crippen molar-refractivity contribution in [2.75, 3.05) is 18.6 Å². The topological polar surface area (TPSA) is 72.4 Å². The standard InChI is InChI=1S/C15H15F2N3O3S/c1-23-14-10-8-20(7-6-11(10)18-9-19-14)12-4-2-3-5-13(12)24(21,22)15(16)17/h2-5,9,15H,6-8H2,1H3. The highest BCUT2D eigenvalue weighted by atomic mass is 32.2. The summed E-state index contributed by atoms with van der Waals surface area (Å²) in [6.07, 6.45) is 1.94. The Labute approximate surface area is 138 Å². The van der Waals surface area contributed by atoms with E-state index in [1.807, 2.05) is 0 Å². The Kier molecular flexibility index (Phi) is 4.35. The van der Waals surface area contributed by atoms with Gasteiger partial charge in [0.05, 0.1) is 35.5 Å². The second-order valence-corrected chi connectivity index (χ2v) is 7.14. The van der Waals surface area contributed by atoms with Crippen LogP contribution in [0.3, 0.4) is 0 Å². The molecule has 1 aromatic heterocycles. The van der Waals surface area contributed by atoms with Crippen LogP contribution in [0.25, 0.3) is 0 Å². The summed E-state index contributed by atoms with van der Waals surface area (Å²) >= 11 is 0. The first kappa shape index (κ1) is 16.6. The Morgan fingerprint density at radius 3 is 2.71 bits per heavy atom. The second-order valence-electron chi connectivity index (χ2n) is 5.25. The van der Waals surface area contributed by atoms with E-state index in [1.165, 1.54) is 31.6 Å². The minimum absolute atomic E-state index is 0.245. The molecule has 6 nitrogen and oxygen atoms in total. The molecule has 1 aliphatic heterocycles. The van der Waals surface area contributed by atoms with E-state index in [0.717, 1.165) is 11.3 Å². The molecule has 2 heterocycles. The van der Waals surface area contributed by atoms with E-state index < -0.39 is 15.6 Å². The molecule has 3 rings (SSSR count). The fourth-order valence-electron chi connectivity index (χ4n) is 2.75. The average Bonchev–Trinajstić information content (AvgIpc) is 2.60. The van der Waals surface area contributed by atoms with Crippen molar-refractivity contribution in [1.82, 2.24) is 9.97 Å². The van der Waals surface area contributed by atoms with Gasteiger partial charge in [-0.15, -0.1) is 0 Å². The van der Waals surface area contributed by atoms with Crippen molar-refractivity contribution in [3.05, 3.63) is 41.9 Å². The number of hydrogen-bond acceptors (Lipinski definition) is 6. The van der Waals surface area contributed by atoms with Crippen LogP contribution in [0.4, 0.5) is 14.5 Å². The van der Waals surface area contributed by atoms with Gasteiger partial charge in [0, 0.05) is 13.0 Å². The number of anilines is 1. The number of ether oxygens (including phenoxy) is 1. The van der Waals surface area contributed by atoms with Gasteiger partial charge in [0.1, 0.15) is 6.33 Å². The summed E-state index contributed by atoms with van der Waals surface area (Å²) in [5, 5.41) is 0. The molecule has 1 aromatic carbocycles. The third kappa shape index (κ3) is 2.79. The highest BCUT2D eigenvalue weighted by molar-refractivity contribution is 7.91. The molecular weight excluding hydrogens is 340 g/mol. The highest BCUT2D eigenvalue weighted by Crippen LogP contribution is 2.33. The van der Waals surface area contributed by atoms with Crippen LogP contribution in [-0.2, 0) is 22.8 Å². The molecule has 0 bridgehead atoms. The Morgan fingerprint density at radius 2 is 2.00 bits per heavy atom. The van der Waals surface area contributed by atoms with Gasteiger partial charge in [-0.1, -0.05) is 12.1 Å². The molecule has 128 valence electrons. The first-order chi connectivity index (χ1) is 11.4. The number of halogens is 2. The number of hydrogen-bond donors (Lipinski definition) is 0. The molecule has 0 saturated heterocycles. The van der Waals surface area contributed by atoms with Crippen molar-refractivity contribution in [2.24, 2.45) is 0 Å². The van der Waals surface area contributed by atoms with E-state index in [0.29, 0.717) is 18.8 Å². The zero-order chi connectivity index (χ0) is 17.3. The number of fused-ring (bicyclic) bond motifs is 1. The maximum atomic E-state index is 13.0. The van der Waals surface area contributed by atoms with Crippen LogP contribution < -0.4 is 9.64 Å². The molecule has 0 saturated carbocycles. The van der Waals surface area contributed by atoms with Crippen LogP contribution in [0.1, 0.15) is 11.3 Å². The molecule has 0 radical (unpaired) electrons. The van der Waals surface area contributed by atoms with Crippen molar-refractivity contribution >= 4 is 15.5 Å². The lowest BCUT2D eigenvalue weighted by atomic mass is 10.1. The van der Waals surface area contributed by atoms with Crippen LogP contribution >= 0.6 is 0 Å². The highest BCUT2D eigenvalue weighted by Gasteiger charge is 2.32. The monoisotopic (exact) mass is 355 g/mol. The third-order valence-corrected chi connectivity index (χ3v) is 5.33. The molecular formula is C15H15F2N3O3S. The molecule has 0 aliphatic carbocycles. The fraction of sp³-hybridized carbons (Fsp3) is 0.333. The number of para-hydroxylation sites is 1. The molecule has 0 amide bonds. The molecule has 24 heavy (non-hydrogen) atoms. The van der Waals surface area contributed by atoms with Crippen LogP contribution in [-0.4, -0.2) is 37.8 Å². The number of rotatable bonds is 4. The summed E-state index contributed by atoms with van der Waals surface area (Å²) in [6, 6.07) is 5.77. The summed E-state index contributed by atoms with van der Waals surface area (Å²) in [4.78, 5) is 9.59. The number of benzene rings is 1. The first-order valence-electron chi connectivity index (χ1n) is 7.18. The number of methoxy groups -OCH3 is 1. The van der Waals surface area contributed by atoms with Gasteiger partial charge >= 0.3 is 5.76 Å². The van der Waals surface area contributed by atoms with Crippen LogP contribution in [0.2, 0.25) is 0 Å². The van der Waals surface area contributed by atoms with Gasteiger partial charge in [-0.05, 0) is 12.1 Å². The second kappa shape index (κ2) is 6.31. The number of alkyl halides is 2. The van der Waals surface area contributed by atoms with Crippen LogP contribution in [0.5, 0.6) is 5.88 Å². The van der Waals surface area contributed by atoms with Crippen molar-refractivity contribution in [2.45, 2.75) is 23.6 Å². The summed E-state index contributed by atoms with van der Waals surface area (Å²) in [6.45, 7) is 0.748. The van der Waals surface area contributed by atoms with Gasteiger partial charge in [0.25, 0.3) is 0 Å². The molecule has 0 atom stereocenters. The Balaban J connectivity index is 2.03. The summed E-state index contributed by atoms with van der Waals surface area (Å²) in [5.41, 5.74) is 1.79. The van der Waals surface area contributed by atoms with Gasteiger partial charge in [0.15, 0.2) is 0 Å². The number of nitrogens with zero attached hydrogens (tertiary/aromatic N) is 3. The number of sulfone groups is 1. The smallest absolute Gasteiger partial charge is 0.341 e. The lowest BCUT2D eigenvalue weighted by Gasteiger charge is -2.31. The molecule has 0 fully saturated rings. The van der Waals surface area contributed by atoms with Crippen LogP contribution in [0, 0.1) is 0 Å². The summed E-state index contributed by atoms with van der Waals surface area (Å²) < 4.78 is 55.0. The van der Waals surface area contributed by atoms with Gasteiger partial charge in [-0.2, -0.15) is 8.78 Å². The zero-order valence-corrected chi connectivity index (χ0v) is 13.6. The molecule has 1 aliphatic rings. The number of aromatic nitrogens is 2. The first-order valence-corrected chi connectivity index (χ1v) is 8.72. The van der Waals surface area contributed by atoms with E-state index in [2.05, 4.69) is 9.97 Å². The largest absolute Gasteiger partial charge is 0.481 e. The maximum Gasteiger partial charge on any atom is 0.341 e. The predicted octanol–water partition coefficient (Wildman–Crippen LogP) is 2.04.